The molecular weight excluding hydrogens is 188 g/mol. The van der Waals surface area contributed by atoms with Crippen LogP contribution in [0.1, 0.15) is 39.5 Å². The zero-order valence-electron chi connectivity index (χ0n) is 10.6. The van der Waals surface area contributed by atoms with Gasteiger partial charge in [0.15, 0.2) is 0 Å². The fourth-order valence-corrected chi connectivity index (χ4v) is 2.69. The van der Waals surface area contributed by atoms with E-state index >= 15 is 0 Å². The first-order valence-corrected chi connectivity index (χ1v) is 6.01. The van der Waals surface area contributed by atoms with E-state index in [4.69, 9.17) is 10.5 Å². The molecule has 0 bridgehead atoms. The highest BCUT2D eigenvalue weighted by Gasteiger charge is 2.39. The Morgan fingerprint density at radius 2 is 2.20 bits per heavy atom. The van der Waals surface area contributed by atoms with Gasteiger partial charge < -0.3 is 10.5 Å². The van der Waals surface area contributed by atoms with Gasteiger partial charge in [-0.3, -0.25) is 4.90 Å². The van der Waals surface area contributed by atoms with E-state index < -0.39 is 0 Å². The molecule has 2 N–H and O–H groups in total. The lowest BCUT2D eigenvalue weighted by molar-refractivity contribution is -0.0225. The molecule has 0 heterocycles. The summed E-state index contributed by atoms with van der Waals surface area (Å²) in [6.07, 6.45) is 5.09. The molecular formula is C12H26N2O. The molecule has 0 aliphatic heterocycles. The fourth-order valence-electron chi connectivity index (χ4n) is 2.69. The van der Waals surface area contributed by atoms with E-state index in [1.807, 2.05) is 7.11 Å². The van der Waals surface area contributed by atoms with Gasteiger partial charge in [0.1, 0.15) is 0 Å². The Labute approximate surface area is 94.0 Å². The number of nitrogens with two attached hydrogens (primary N) is 1. The molecule has 1 fully saturated rings. The van der Waals surface area contributed by atoms with Crippen LogP contribution in [0.5, 0.6) is 0 Å². The SMILES string of the molecule is COC1CCCC(CN)(N(C)C(C)C)C1. The van der Waals surface area contributed by atoms with Gasteiger partial charge in [-0.25, -0.2) is 0 Å². The van der Waals surface area contributed by atoms with Crippen molar-refractivity contribution >= 4 is 0 Å². The molecule has 3 nitrogen and oxygen atoms in total. The van der Waals surface area contributed by atoms with Crippen LogP contribution in [0.2, 0.25) is 0 Å². The second kappa shape index (κ2) is 5.28. The van der Waals surface area contributed by atoms with Gasteiger partial charge >= 0.3 is 0 Å². The Balaban J connectivity index is 2.74. The molecule has 2 atom stereocenters. The van der Waals surface area contributed by atoms with E-state index in [0.29, 0.717) is 12.1 Å². The highest BCUT2D eigenvalue weighted by atomic mass is 16.5. The average molecular weight is 214 g/mol. The number of hydrogen-bond acceptors (Lipinski definition) is 3. The number of nitrogens with zero attached hydrogens (tertiary/aromatic N) is 1. The van der Waals surface area contributed by atoms with Crippen molar-refractivity contribution in [3.05, 3.63) is 0 Å². The molecule has 0 radical (unpaired) electrons. The molecule has 1 aliphatic carbocycles. The lowest BCUT2D eigenvalue weighted by atomic mass is 9.78. The summed E-state index contributed by atoms with van der Waals surface area (Å²) < 4.78 is 5.50. The smallest absolute Gasteiger partial charge is 0.0589 e. The molecule has 0 aromatic carbocycles. The van der Waals surface area contributed by atoms with Crippen LogP contribution >= 0.6 is 0 Å². The number of ether oxygens (including phenoxy) is 1. The van der Waals surface area contributed by atoms with Gasteiger partial charge in [-0.05, 0) is 46.6 Å². The van der Waals surface area contributed by atoms with Gasteiger partial charge in [-0.1, -0.05) is 0 Å². The largest absolute Gasteiger partial charge is 0.381 e. The first-order chi connectivity index (χ1) is 7.05. The zero-order valence-corrected chi connectivity index (χ0v) is 10.6. The normalized spacial score (nSPS) is 32.6. The summed E-state index contributed by atoms with van der Waals surface area (Å²) in [5.74, 6) is 0. The van der Waals surface area contributed by atoms with Gasteiger partial charge in [0.2, 0.25) is 0 Å². The van der Waals surface area contributed by atoms with E-state index in [2.05, 4.69) is 25.8 Å². The quantitative estimate of drug-likeness (QED) is 0.773. The molecule has 0 amide bonds. The number of hydrogen-bond donors (Lipinski definition) is 1. The Morgan fingerprint density at radius 3 is 2.67 bits per heavy atom. The Hall–Kier alpha value is -0.120. The van der Waals surface area contributed by atoms with Crippen LogP contribution in [0.15, 0.2) is 0 Å². The number of rotatable bonds is 4. The van der Waals surface area contributed by atoms with E-state index in [-0.39, 0.29) is 5.54 Å². The minimum absolute atomic E-state index is 0.160. The third-order valence-corrected chi connectivity index (χ3v) is 4.01. The number of likely N-dealkylation sites (N-methyl/N-ethyl adjacent to an activating group) is 1. The van der Waals surface area contributed by atoms with Crippen LogP contribution in [0.4, 0.5) is 0 Å². The third-order valence-electron chi connectivity index (χ3n) is 4.01. The van der Waals surface area contributed by atoms with E-state index in [9.17, 15) is 0 Å². The van der Waals surface area contributed by atoms with Crippen LogP contribution in [0.25, 0.3) is 0 Å². The van der Waals surface area contributed by atoms with Gasteiger partial charge in [-0.15, -0.1) is 0 Å². The maximum absolute atomic E-state index is 6.00. The third kappa shape index (κ3) is 2.71. The van der Waals surface area contributed by atoms with E-state index in [1.54, 1.807) is 0 Å². The van der Waals surface area contributed by atoms with Crippen molar-refractivity contribution in [2.24, 2.45) is 5.73 Å². The number of methoxy groups -OCH3 is 1. The Kier molecular flexibility index (Phi) is 4.56. The van der Waals surface area contributed by atoms with Crippen molar-refractivity contribution in [1.29, 1.82) is 0 Å². The Bertz CT molecular complexity index is 196. The molecule has 1 aliphatic rings. The van der Waals surface area contributed by atoms with Crippen LogP contribution in [0, 0.1) is 0 Å². The summed E-state index contributed by atoms with van der Waals surface area (Å²) in [4.78, 5) is 2.43. The molecule has 15 heavy (non-hydrogen) atoms. The average Bonchev–Trinajstić information content (AvgIpc) is 2.27. The van der Waals surface area contributed by atoms with E-state index in [0.717, 1.165) is 13.0 Å². The van der Waals surface area contributed by atoms with Gasteiger partial charge in [0.25, 0.3) is 0 Å². The molecule has 3 heteroatoms. The van der Waals surface area contributed by atoms with Crippen LogP contribution in [-0.2, 0) is 4.74 Å². The minimum atomic E-state index is 0.160. The van der Waals surface area contributed by atoms with Crippen molar-refractivity contribution in [2.75, 3.05) is 20.7 Å². The molecule has 90 valence electrons. The molecule has 1 rings (SSSR count). The molecule has 1 saturated carbocycles. The van der Waals surface area contributed by atoms with Crippen LogP contribution in [-0.4, -0.2) is 43.3 Å². The van der Waals surface area contributed by atoms with Crippen molar-refractivity contribution in [1.82, 2.24) is 4.90 Å². The molecule has 0 saturated heterocycles. The molecule has 0 spiro atoms. The standard InChI is InChI=1S/C12H26N2O/c1-10(2)14(3)12(9-13)7-5-6-11(8-12)15-4/h10-11H,5-9,13H2,1-4H3. The van der Waals surface area contributed by atoms with Crippen LogP contribution in [0.3, 0.4) is 0 Å². The fraction of sp³-hybridized carbons (Fsp3) is 1.00. The van der Waals surface area contributed by atoms with Gasteiger partial charge in [0, 0.05) is 25.2 Å². The maximum Gasteiger partial charge on any atom is 0.0589 e. The predicted molar refractivity (Wildman–Crippen MR) is 63.9 cm³/mol. The second-order valence-corrected chi connectivity index (χ2v) is 5.09. The zero-order chi connectivity index (χ0) is 11.5. The van der Waals surface area contributed by atoms with Crippen molar-refractivity contribution in [3.8, 4) is 0 Å². The molecule has 0 aromatic heterocycles. The lowest BCUT2D eigenvalue weighted by Gasteiger charge is -2.48. The van der Waals surface area contributed by atoms with Crippen molar-refractivity contribution in [2.45, 2.75) is 57.2 Å². The molecule has 2 unspecified atom stereocenters. The van der Waals surface area contributed by atoms with Gasteiger partial charge in [-0.2, -0.15) is 0 Å². The van der Waals surface area contributed by atoms with Crippen LogP contribution < -0.4 is 5.73 Å². The first kappa shape index (κ1) is 12.9. The molecule has 0 aromatic rings. The monoisotopic (exact) mass is 214 g/mol. The second-order valence-electron chi connectivity index (χ2n) is 5.09. The topological polar surface area (TPSA) is 38.5 Å². The summed E-state index contributed by atoms with van der Waals surface area (Å²) in [6, 6.07) is 0.546. The summed E-state index contributed by atoms with van der Waals surface area (Å²) in [5, 5.41) is 0. The minimum Gasteiger partial charge on any atom is -0.381 e. The highest BCUT2D eigenvalue weighted by Crippen LogP contribution is 2.34. The van der Waals surface area contributed by atoms with Crippen molar-refractivity contribution in [3.63, 3.8) is 0 Å². The summed E-state index contributed by atoms with van der Waals surface area (Å²) in [6.45, 7) is 5.20. The first-order valence-electron chi connectivity index (χ1n) is 6.01. The van der Waals surface area contributed by atoms with E-state index in [1.165, 1.54) is 19.3 Å². The summed E-state index contributed by atoms with van der Waals surface area (Å²) in [5.41, 5.74) is 6.16. The lowest BCUT2D eigenvalue weighted by Crippen LogP contribution is -2.58. The highest BCUT2D eigenvalue weighted by molar-refractivity contribution is 4.97. The maximum atomic E-state index is 6.00. The predicted octanol–water partition coefficient (Wildman–Crippen LogP) is 1.61. The Morgan fingerprint density at radius 1 is 1.53 bits per heavy atom. The summed E-state index contributed by atoms with van der Waals surface area (Å²) >= 11 is 0. The van der Waals surface area contributed by atoms with Gasteiger partial charge in [0.05, 0.1) is 6.10 Å². The summed E-state index contributed by atoms with van der Waals surface area (Å²) in [7, 11) is 4.00. The van der Waals surface area contributed by atoms with Crippen molar-refractivity contribution < 1.29 is 4.74 Å².